The molecule has 4 nitrogen and oxygen atoms in total. The Balaban J connectivity index is 1.81. The Hall–Kier alpha value is -1.26. The average Bonchev–Trinajstić information content (AvgIpc) is 2.41. The minimum Gasteiger partial charge on any atom is -0.398 e. The van der Waals surface area contributed by atoms with Gasteiger partial charge in [-0.2, -0.15) is 0 Å². The Morgan fingerprint density at radius 2 is 2.15 bits per heavy atom. The fourth-order valence-electron chi connectivity index (χ4n) is 2.61. The molecule has 0 atom stereocenters. The molecular weight excluding hydrogens is 274 g/mol. The number of nitrogens with one attached hydrogen (secondary N) is 1. The molecule has 1 aliphatic heterocycles. The molecule has 0 radical (unpaired) electrons. The SMILES string of the molecule is CN1CCC(CCNC(=O)c2c(N)cccc2Cl)CC1. The smallest absolute Gasteiger partial charge is 0.254 e. The number of nitrogen functional groups attached to an aromatic ring is 1. The number of nitrogens with two attached hydrogens (primary N) is 1. The number of nitrogens with zero attached hydrogens (tertiary/aromatic N) is 1. The molecule has 1 heterocycles. The standard InChI is InChI=1S/C15H22ClN3O/c1-19-9-6-11(7-10-19)5-8-18-15(20)14-12(16)3-2-4-13(14)17/h2-4,11H,5-10,17H2,1H3,(H,18,20). The van der Waals surface area contributed by atoms with Crippen LogP contribution in [-0.2, 0) is 0 Å². The van der Waals surface area contributed by atoms with Crippen LogP contribution in [0.2, 0.25) is 5.02 Å². The lowest BCUT2D eigenvalue weighted by atomic mass is 9.94. The van der Waals surface area contributed by atoms with Crippen molar-refractivity contribution < 1.29 is 4.79 Å². The van der Waals surface area contributed by atoms with Crippen molar-refractivity contribution in [1.29, 1.82) is 0 Å². The largest absolute Gasteiger partial charge is 0.398 e. The lowest BCUT2D eigenvalue weighted by Crippen LogP contribution is -2.33. The number of likely N-dealkylation sites (tertiary alicyclic amines) is 1. The van der Waals surface area contributed by atoms with E-state index < -0.39 is 0 Å². The van der Waals surface area contributed by atoms with Crippen molar-refractivity contribution in [1.82, 2.24) is 10.2 Å². The van der Waals surface area contributed by atoms with E-state index in [1.54, 1.807) is 18.2 Å². The molecule has 0 saturated carbocycles. The van der Waals surface area contributed by atoms with Gasteiger partial charge in [0.15, 0.2) is 0 Å². The summed E-state index contributed by atoms with van der Waals surface area (Å²) in [7, 11) is 2.15. The van der Waals surface area contributed by atoms with Gasteiger partial charge in [0.25, 0.3) is 5.91 Å². The normalized spacial score (nSPS) is 17.1. The summed E-state index contributed by atoms with van der Waals surface area (Å²) in [4.78, 5) is 14.4. The van der Waals surface area contributed by atoms with Crippen molar-refractivity contribution in [2.75, 3.05) is 32.4 Å². The molecular formula is C15H22ClN3O. The van der Waals surface area contributed by atoms with Crippen LogP contribution in [0.5, 0.6) is 0 Å². The lowest BCUT2D eigenvalue weighted by molar-refractivity contribution is 0.0950. The van der Waals surface area contributed by atoms with Gasteiger partial charge in [-0.3, -0.25) is 4.79 Å². The molecule has 110 valence electrons. The predicted octanol–water partition coefficient (Wildman–Crippen LogP) is 2.38. The van der Waals surface area contributed by atoms with E-state index in [4.69, 9.17) is 17.3 Å². The van der Waals surface area contributed by atoms with Crippen molar-refractivity contribution in [3.05, 3.63) is 28.8 Å². The average molecular weight is 296 g/mol. The molecule has 0 bridgehead atoms. The second-order valence-electron chi connectivity index (χ2n) is 5.50. The Bertz CT molecular complexity index is 450. The molecule has 20 heavy (non-hydrogen) atoms. The van der Waals surface area contributed by atoms with Crippen molar-refractivity contribution in [2.45, 2.75) is 19.3 Å². The van der Waals surface area contributed by atoms with Gasteiger partial charge in [-0.25, -0.2) is 0 Å². The first kappa shape index (κ1) is 15.1. The number of rotatable bonds is 4. The maximum absolute atomic E-state index is 12.1. The van der Waals surface area contributed by atoms with Gasteiger partial charge < -0.3 is 16.0 Å². The Kier molecular flexibility index (Phi) is 5.26. The van der Waals surface area contributed by atoms with Crippen LogP contribution in [0.3, 0.4) is 0 Å². The van der Waals surface area contributed by atoms with Gasteiger partial charge in [-0.05, 0) is 57.5 Å². The van der Waals surface area contributed by atoms with E-state index in [2.05, 4.69) is 17.3 Å². The van der Waals surface area contributed by atoms with E-state index in [-0.39, 0.29) is 5.91 Å². The maximum Gasteiger partial charge on any atom is 0.254 e. The molecule has 1 saturated heterocycles. The van der Waals surface area contributed by atoms with E-state index in [0.717, 1.165) is 19.5 Å². The summed E-state index contributed by atoms with van der Waals surface area (Å²) in [5.74, 6) is 0.524. The summed E-state index contributed by atoms with van der Waals surface area (Å²) in [5, 5.41) is 3.33. The molecule has 5 heteroatoms. The first-order valence-electron chi connectivity index (χ1n) is 7.08. The molecule has 0 aromatic heterocycles. The van der Waals surface area contributed by atoms with Gasteiger partial charge in [0.2, 0.25) is 0 Å². The molecule has 1 aromatic rings. The monoisotopic (exact) mass is 295 g/mol. The lowest BCUT2D eigenvalue weighted by Gasteiger charge is -2.28. The molecule has 0 unspecified atom stereocenters. The summed E-state index contributed by atoms with van der Waals surface area (Å²) in [6.07, 6.45) is 3.44. The van der Waals surface area contributed by atoms with E-state index in [1.165, 1.54) is 12.8 Å². The molecule has 1 amide bonds. The van der Waals surface area contributed by atoms with Gasteiger partial charge in [0.05, 0.1) is 10.6 Å². The number of anilines is 1. The predicted molar refractivity (Wildman–Crippen MR) is 83.0 cm³/mol. The molecule has 0 spiro atoms. The van der Waals surface area contributed by atoms with E-state index in [9.17, 15) is 4.79 Å². The number of carbonyl (C=O) groups is 1. The number of amides is 1. The number of piperidine rings is 1. The summed E-state index contributed by atoms with van der Waals surface area (Å²) in [5.41, 5.74) is 6.61. The third-order valence-electron chi connectivity index (χ3n) is 3.95. The van der Waals surface area contributed by atoms with Crippen LogP contribution < -0.4 is 11.1 Å². The Labute approximate surface area is 125 Å². The highest BCUT2D eigenvalue weighted by Gasteiger charge is 2.17. The fourth-order valence-corrected chi connectivity index (χ4v) is 2.88. The van der Waals surface area contributed by atoms with Crippen molar-refractivity contribution in [3.63, 3.8) is 0 Å². The van der Waals surface area contributed by atoms with Crippen LogP contribution in [-0.4, -0.2) is 37.5 Å². The molecule has 3 N–H and O–H groups in total. The summed E-state index contributed by atoms with van der Waals surface area (Å²) in [6, 6.07) is 5.12. The van der Waals surface area contributed by atoms with Gasteiger partial charge in [-0.15, -0.1) is 0 Å². The second-order valence-corrected chi connectivity index (χ2v) is 5.90. The first-order chi connectivity index (χ1) is 9.58. The van der Waals surface area contributed by atoms with Crippen molar-refractivity contribution in [2.24, 2.45) is 5.92 Å². The summed E-state index contributed by atoms with van der Waals surface area (Å²) >= 11 is 6.02. The minimum atomic E-state index is -0.180. The maximum atomic E-state index is 12.1. The molecule has 1 aliphatic rings. The molecule has 2 rings (SSSR count). The van der Waals surface area contributed by atoms with Crippen LogP contribution >= 0.6 is 11.6 Å². The Morgan fingerprint density at radius 3 is 2.80 bits per heavy atom. The van der Waals surface area contributed by atoms with Crippen LogP contribution in [0.15, 0.2) is 18.2 Å². The highest BCUT2D eigenvalue weighted by atomic mass is 35.5. The quantitative estimate of drug-likeness (QED) is 0.839. The van der Waals surface area contributed by atoms with Gasteiger partial charge in [-0.1, -0.05) is 17.7 Å². The number of hydrogen-bond acceptors (Lipinski definition) is 3. The minimum absolute atomic E-state index is 0.180. The topological polar surface area (TPSA) is 58.4 Å². The zero-order chi connectivity index (χ0) is 14.5. The van der Waals surface area contributed by atoms with Gasteiger partial charge in [0.1, 0.15) is 0 Å². The third-order valence-corrected chi connectivity index (χ3v) is 4.26. The zero-order valence-electron chi connectivity index (χ0n) is 11.9. The highest BCUT2D eigenvalue weighted by molar-refractivity contribution is 6.34. The van der Waals surface area contributed by atoms with Gasteiger partial charge >= 0.3 is 0 Å². The summed E-state index contributed by atoms with van der Waals surface area (Å²) < 4.78 is 0. The molecule has 1 fully saturated rings. The van der Waals surface area contributed by atoms with E-state index >= 15 is 0 Å². The molecule has 0 aliphatic carbocycles. The van der Waals surface area contributed by atoms with Crippen LogP contribution in [0.25, 0.3) is 0 Å². The van der Waals surface area contributed by atoms with Crippen LogP contribution in [0.4, 0.5) is 5.69 Å². The first-order valence-corrected chi connectivity index (χ1v) is 7.46. The highest BCUT2D eigenvalue weighted by Crippen LogP contribution is 2.22. The second kappa shape index (κ2) is 6.95. The number of hydrogen-bond donors (Lipinski definition) is 2. The van der Waals surface area contributed by atoms with Crippen LogP contribution in [0.1, 0.15) is 29.6 Å². The Morgan fingerprint density at radius 1 is 1.45 bits per heavy atom. The van der Waals surface area contributed by atoms with E-state index in [1.807, 2.05) is 0 Å². The number of halogens is 1. The molecule has 1 aromatic carbocycles. The number of carbonyl (C=O) groups excluding carboxylic acids is 1. The van der Waals surface area contributed by atoms with Crippen molar-refractivity contribution in [3.8, 4) is 0 Å². The third kappa shape index (κ3) is 3.87. The zero-order valence-corrected chi connectivity index (χ0v) is 12.6. The fraction of sp³-hybridized carbons (Fsp3) is 0.533. The van der Waals surface area contributed by atoms with E-state index in [0.29, 0.717) is 28.7 Å². The summed E-state index contributed by atoms with van der Waals surface area (Å²) in [6.45, 7) is 2.98. The van der Waals surface area contributed by atoms with Crippen LogP contribution in [0, 0.1) is 5.92 Å². The number of benzene rings is 1. The van der Waals surface area contributed by atoms with Crippen molar-refractivity contribution >= 4 is 23.2 Å². The van der Waals surface area contributed by atoms with Gasteiger partial charge in [0, 0.05) is 12.2 Å².